The van der Waals surface area contributed by atoms with Gasteiger partial charge >= 0.3 is 0 Å². The quantitative estimate of drug-likeness (QED) is 0.794. The molecule has 0 heterocycles. The first-order chi connectivity index (χ1) is 8.72. The molecule has 0 saturated heterocycles. The summed E-state index contributed by atoms with van der Waals surface area (Å²) in [6.45, 7) is 0. The molecule has 0 aliphatic rings. The molecule has 2 aromatic carbocycles. The largest absolute Gasteiger partial charge is 0.496 e. The highest BCUT2D eigenvalue weighted by molar-refractivity contribution is 7.78. The molecule has 0 radical (unpaired) electrons. The third-order valence-corrected chi connectivity index (χ3v) is 5.43. The minimum atomic E-state index is -3.25. The molecule has 4 heteroatoms. The Morgan fingerprint density at radius 3 is 2.28 bits per heavy atom. The van der Waals surface area contributed by atoms with Crippen LogP contribution in [0.1, 0.15) is 0 Å². The topological polar surface area (TPSA) is 26.3 Å². The summed E-state index contributed by atoms with van der Waals surface area (Å²) in [5.74, 6) is 0.460. The number of rotatable bonds is 4. The molecule has 0 amide bonds. The van der Waals surface area contributed by atoms with Crippen molar-refractivity contribution in [3.63, 3.8) is 0 Å². The van der Waals surface area contributed by atoms with Crippen LogP contribution in [0.15, 0.2) is 54.6 Å². The molecule has 0 unspecified atom stereocenters. The minimum Gasteiger partial charge on any atom is -0.496 e. The molecule has 2 rings (SSSR count). The third-order valence-electron chi connectivity index (χ3n) is 2.82. The van der Waals surface area contributed by atoms with E-state index < -0.39 is 13.6 Å². The van der Waals surface area contributed by atoms with Gasteiger partial charge in [-0.1, -0.05) is 42.5 Å². The van der Waals surface area contributed by atoms with Crippen LogP contribution in [-0.4, -0.2) is 13.5 Å². The highest BCUT2D eigenvalue weighted by Crippen LogP contribution is 2.45. The molecular weight excluding hydrogens is 250 g/mol. The summed E-state index contributed by atoms with van der Waals surface area (Å²) >= 11 is 0. The Hall–Kier alpha value is -1.60. The van der Waals surface area contributed by atoms with Gasteiger partial charge in [0.1, 0.15) is 5.75 Å². The number of halogens is 1. The van der Waals surface area contributed by atoms with Crippen molar-refractivity contribution in [3.05, 3.63) is 54.6 Å². The van der Waals surface area contributed by atoms with Crippen molar-refractivity contribution in [2.45, 2.75) is 0 Å². The molecule has 94 valence electrons. The molecule has 2 aromatic rings. The average molecular weight is 264 g/mol. The SMILES string of the molecule is COc1ccccc1[P@](=O)(CF)c1ccccc1. The van der Waals surface area contributed by atoms with Crippen LogP contribution in [0.3, 0.4) is 0 Å². The van der Waals surface area contributed by atoms with Gasteiger partial charge in [0.15, 0.2) is 13.6 Å². The van der Waals surface area contributed by atoms with Crippen LogP contribution >= 0.6 is 7.14 Å². The average Bonchev–Trinajstić information content (AvgIpc) is 2.47. The van der Waals surface area contributed by atoms with E-state index in [0.29, 0.717) is 16.4 Å². The molecule has 0 N–H and O–H groups in total. The van der Waals surface area contributed by atoms with Crippen LogP contribution in [0.25, 0.3) is 0 Å². The van der Waals surface area contributed by atoms with Gasteiger partial charge in [0.2, 0.25) is 0 Å². The second-order valence-corrected chi connectivity index (χ2v) is 6.58. The fourth-order valence-corrected chi connectivity index (χ4v) is 3.92. The van der Waals surface area contributed by atoms with Gasteiger partial charge in [-0.2, -0.15) is 0 Å². The van der Waals surface area contributed by atoms with Gasteiger partial charge in [0, 0.05) is 5.30 Å². The van der Waals surface area contributed by atoms with E-state index in [1.807, 2.05) is 6.07 Å². The molecular formula is C14H14FO2P. The molecule has 18 heavy (non-hydrogen) atoms. The summed E-state index contributed by atoms with van der Waals surface area (Å²) in [5, 5.41) is 0.943. The first-order valence-electron chi connectivity index (χ1n) is 5.56. The standard InChI is InChI=1S/C14H14FO2P/c1-17-13-9-5-6-10-14(13)18(16,11-15)12-7-3-2-4-8-12/h2-10H,11H2,1H3/t18-/m0/s1. The van der Waals surface area contributed by atoms with E-state index >= 15 is 0 Å². The number of hydrogen-bond donors (Lipinski definition) is 0. The summed E-state index contributed by atoms with van der Waals surface area (Å²) in [6, 6.07) is 15.6. The fraction of sp³-hybridized carbons (Fsp3) is 0.143. The molecule has 0 saturated carbocycles. The first-order valence-corrected chi connectivity index (χ1v) is 7.46. The Balaban J connectivity index is 2.61. The van der Waals surface area contributed by atoms with Gasteiger partial charge in [0.25, 0.3) is 0 Å². The van der Waals surface area contributed by atoms with E-state index in [1.54, 1.807) is 48.5 Å². The molecule has 1 atom stereocenters. The maximum Gasteiger partial charge on any atom is 0.176 e. The lowest BCUT2D eigenvalue weighted by atomic mass is 10.3. The summed E-state index contributed by atoms with van der Waals surface area (Å²) in [4.78, 5) is 0. The van der Waals surface area contributed by atoms with Crippen molar-refractivity contribution in [2.75, 3.05) is 13.5 Å². The maximum absolute atomic E-state index is 13.4. The summed E-state index contributed by atoms with van der Waals surface area (Å²) in [6.07, 6.45) is -0.905. The fourth-order valence-electron chi connectivity index (χ4n) is 1.87. The highest BCUT2D eigenvalue weighted by atomic mass is 31.2. The third kappa shape index (κ3) is 2.19. The van der Waals surface area contributed by atoms with Crippen LogP contribution in [0.2, 0.25) is 0 Å². The minimum absolute atomic E-state index is 0.432. The molecule has 0 bridgehead atoms. The molecule has 2 nitrogen and oxygen atoms in total. The van der Waals surface area contributed by atoms with Crippen LogP contribution in [0.5, 0.6) is 5.75 Å². The lowest BCUT2D eigenvalue weighted by molar-refractivity contribution is 0.417. The summed E-state index contributed by atoms with van der Waals surface area (Å²) < 4.78 is 31.5. The smallest absolute Gasteiger partial charge is 0.176 e. The van der Waals surface area contributed by atoms with Crippen molar-refractivity contribution in [1.29, 1.82) is 0 Å². The molecule has 0 aromatic heterocycles. The van der Waals surface area contributed by atoms with E-state index in [2.05, 4.69) is 0 Å². The number of hydrogen-bond acceptors (Lipinski definition) is 2. The molecule has 0 fully saturated rings. The lowest BCUT2D eigenvalue weighted by Crippen LogP contribution is -2.18. The van der Waals surface area contributed by atoms with E-state index in [4.69, 9.17) is 4.74 Å². The number of alkyl halides is 1. The van der Waals surface area contributed by atoms with Gasteiger partial charge in [-0.25, -0.2) is 4.39 Å². The Morgan fingerprint density at radius 1 is 1.06 bits per heavy atom. The Labute approximate surface area is 106 Å². The predicted molar refractivity (Wildman–Crippen MR) is 72.3 cm³/mol. The van der Waals surface area contributed by atoms with Crippen molar-refractivity contribution in [2.24, 2.45) is 0 Å². The van der Waals surface area contributed by atoms with Crippen molar-refractivity contribution < 1.29 is 13.7 Å². The zero-order valence-corrected chi connectivity index (χ0v) is 10.9. The van der Waals surface area contributed by atoms with Gasteiger partial charge in [0.05, 0.1) is 12.4 Å². The number of benzene rings is 2. The Kier molecular flexibility index (Phi) is 3.83. The zero-order chi connectivity index (χ0) is 13.0. The van der Waals surface area contributed by atoms with Gasteiger partial charge in [-0.15, -0.1) is 0 Å². The van der Waals surface area contributed by atoms with E-state index in [1.165, 1.54) is 7.11 Å². The number of methoxy groups -OCH3 is 1. The van der Waals surface area contributed by atoms with Gasteiger partial charge < -0.3 is 9.30 Å². The van der Waals surface area contributed by atoms with Crippen LogP contribution in [-0.2, 0) is 4.57 Å². The lowest BCUT2D eigenvalue weighted by Gasteiger charge is -2.18. The molecule has 0 aliphatic carbocycles. The van der Waals surface area contributed by atoms with Crippen molar-refractivity contribution in [3.8, 4) is 5.75 Å². The second-order valence-electron chi connectivity index (χ2n) is 3.87. The summed E-state index contributed by atoms with van der Waals surface area (Å²) in [7, 11) is -1.76. The van der Waals surface area contributed by atoms with E-state index in [0.717, 1.165) is 0 Å². The van der Waals surface area contributed by atoms with Crippen molar-refractivity contribution >= 4 is 17.8 Å². The molecule has 0 aliphatic heterocycles. The van der Waals surface area contributed by atoms with Crippen LogP contribution < -0.4 is 15.3 Å². The first kappa shape index (κ1) is 12.8. The van der Waals surface area contributed by atoms with E-state index in [-0.39, 0.29) is 0 Å². The van der Waals surface area contributed by atoms with E-state index in [9.17, 15) is 8.96 Å². The number of para-hydroxylation sites is 1. The van der Waals surface area contributed by atoms with Gasteiger partial charge in [-0.05, 0) is 12.1 Å². The maximum atomic E-state index is 13.4. The van der Waals surface area contributed by atoms with Crippen LogP contribution in [0.4, 0.5) is 4.39 Å². The number of ether oxygens (including phenoxy) is 1. The Bertz CT molecular complexity index is 569. The summed E-state index contributed by atoms with van der Waals surface area (Å²) in [5.41, 5.74) is 0. The highest BCUT2D eigenvalue weighted by Gasteiger charge is 2.30. The monoisotopic (exact) mass is 264 g/mol. The molecule has 0 spiro atoms. The second kappa shape index (κ2) is 5.36. The van der Waals surface area contributed by atoms with Crippen molar-refractivity contribution in [1.82, 2.24) is 0 Å². The Morgan fingerprint density at radius 2 is 1.67 bits per heavy atom. The zero-order valence-electron chi connectivity index (χ0n) is 10.0. The normalized spacial score (nSPS) is 13.9. The predicted octanol–water partition coefficient (Wildman–Crippen LogP) is 2.94. The van der Waals surface area contributed by atoms with Crippen LogP contribution in [0, 0.1) is 0 Å². The van der Waals surface area contributed by atoms with Gasteiger partial charge in [-0.3, -0.25) is 0 Å².